The number of carbonyl (C=O) groups is 2. The molecule has 18 heavy (non-hydrogen) atoms. The van der Waals surface area contributed by atoms with Crippen molar-refractivity contribution >= 4 is 11.9 Å². The Morgan fingerprint density at radius 2 is 2.00 bits per heavy atom. The van der Waals surface area contributed by atoms with Crippen LogP contribution >= 0.6 is 0 Å². The Hall–Kier alpha value is -1.84. The van der Waals surface area contributed by atoms with Crippen LogP contribution in [0.5, 0.6) is 0 Å². The van der Waals surface area contributed by atoms with E-state index in [4.69, 9.17) is 0 Å². The van der Waals surface area contributed by atoms with Gasteiger partial charge in [-0.1, -0.05) is 30.3 Å². The molecule has 4 heteroatoms. The number of hydrogen-bond acceptors (Lipinski definition) is 2. The smallest absolute Gasteiger partial charge is 0.329 e. The number of carboxylic acid groups (broad SMARTS) is 1. The molecule has 1 aromatic carbocycles. The average molecular weight is 247 g/mol. The Labute approximate surface area is 106 Å². The van der Waals surface area contributed by atoms with Crippen LogP contribution in [0.25, 0.3) is 0 Å². The molecule has 1 saturated heterocycles. The molecule has 0 spiro atoms. The fourth-order valence-corrected chi connectivity index (χ4v) is 2.45. The maximum absolute atomic E-state index is 12.2. The van der Waals surface area contributed by atoms with Gasteiger partial charge in [0.2, 0.25) is 5.91 Å². The number of nitrogens with zero attached hydrogens (tertiary/aromatic N) is 1. The Kier molecular flexibility index (Phi) is 3.36. The Bertz CT molecular complexity index is 457. The first-order chi connectivity index (χ1) is 8.54. The van der Waals surface area contributed by atoms with Crippen molar-refractivity contribution in [2.45, 2.75) is 31.7 Å². The first-order valence-electron chi connectivity index (χ1n) is 6.12. The first-order valence-corrected chi connectivity index (χ1v) is 6.12. The summed E-state index contributed by atoms with van der Waals surface area (Å²) in [5.74, 6) is -1.02. The van der Waals surface area contributed by atoms with E-state index in [-0.39, 0.29) is 12.3 Å². The van der Waals surface area contributed by atoms with Crippen molar-refractivity contribution < 1.29 is 14.7 Å². The minimum atomic E-state index is -1.04. The van der Waals surface area contributed by atoms with E-state index in [0.29, 0.717) is 13.0 Å². The van der Waals surface area contributed by atoms with Gasteiger partial charge in [-0.25, -0.2) is 4.79 Å². The molecule has 0 bridgehead atoms. The van der Waals surface area contributed by atoms with Gasteiger partial charge in [-0.05, 0) is 25.3 Å². The van der Waals surface area contributed by atoms with E-state index in [0.717, 1.165) is 12.0 Å². The van der Waals surface area contributed by atoms with E-state index in [2.05, 4.69) is 0 Å². The third kappa shape index (κ3) is 2.23. The number of benzene rings is 1. The zero-order chi connectivity index (χ0) is 13.2. The summed E-state index contributed by atoms with van der Waals surface area (Å²) >= 11 is 0. The molecule has 0 radical (unpaired) electrons. The van der Waals surface area contributed by atoms with E-state index < -0.39 is 11.5 Å². The molecule has 4 nitrogen and oxygen atoms in total. The van der Waals surface area contributed by atoms with Crippen LogP contribution in [0.2, 0.25) is 0 Å². The number of hydrogen-bond donors (Lipinski definition) is 1. The third-order valence-electron chi connectivity index (χ3n) is 3.60. The molecule has 1 heterocycles. The number of likely N-dealkylation sites (tertiary alicyclic amines) is 1. The predicted octanol–water partition coefficient (Wildman–Crippen LogP) is 1.69. The quantitative estimate of drug-likeness (QED) is 0.884. The maximum Gasteiger partial charge on any atom is 0.329 e. The van der Waals surface area contributed by atoms with E-state index in [9.17, 15) is 14.7 Å². The van der Waals surface area contributed by atoms with E-state index >= 15 is 0 Å². The van der Waals surface area contributed by atoms with Crippen molar-refractivity contribution in [3.63, 3.8) is 0 Å². The van der Waals surface area contributed by atoms with Crippen LogP contribution in [0.4, 0.5) is 0 Å². The lowest BCUT2D eigenvalue weighted by Gasteiger charge is -2.31. The Morgan fingerprint density at radius 1 is 1.33 bits per heavy atom. The number of carboxylic acids is 1. The molecule has 2 rings (SSSR count). The molecule has 0 aliphatic carbocycles. The standard InChI is InChI=1S/C14H17NO3/c1-14(13(17)18)8-5-9-15(14)12(16)10-11-6-3-2-4-7-11/h2-4,6-7H,5,8-10H2,1H3,(H,17,18). The molecule has 1 N–H and O–H groups in total. The Balaban J connectivity index is 2.12. The number of carbonyl (C=O) groups excluding carboxylic acids is 1. The van der Waals surface area contributed by atoms with Crippen LogP contribution in [0, 0.1) is 0 Å². The number of aliphatic carboxylic acids is 1. The van der Waals surface area contributed by atoms with Crippen molar-refractivity contribution in [3.8, 4) is 0 Å². The van der Waals surface area contributed by atoms with Crippen molar-refractivity contribution in [3.05, 3.63) is 35.9 Å². The second kappa shape index (κ2) is 4.80. The molecule has 96 valence electrons. The highest BCUT2D eigenvalue weighted by Crippen LogP contribution is 2.29. The SMILES string of the molecule is CC1(C(=O)O)CCCN1C(=O)Cc1ccccc1. The minimum absolute atomic E-state index is 0.108. The zero-order valence-corrected chi connectivity index (χ0v) is 10.4. The Morgan fingerprint density at radius 3 is 2.61 bits per heavy atom. The minimum Gasteiger partial charge on any atom is -0.480 e. The van der Waals surface area contributed by atoms with Gasteiger partial charge < -0.3 is 10.0 Å². The highest BCUT2D eigenvalue weighted by atomic mass is 16.4. The highest BCUT2D eigenvalue weighted by Gasteiger charge is 2.45. The van der Waals surface area contributed by atoms with Gasteiger partial charge in [-0.3, -0.25) is 4.79 Å². The topological polar surface area (TPSA) is 57.6 Å². The molecule has 1 aromatic rings. The molecule has 0 aromatic heterocycles. The van der Waals surface area contributed by atoms with Crippen molar-refractivity contribution in [2.75, 3.05) is 6.54 Å². The fraction of sp³-hybridized carbons (Fsp3) is 0.429. The molecule has 1 unspecified atom stereocenters. The van der Waals surface area contributed by atoms with Crippen LogP contribution in [-0.2, 0) is 16.0 Å². The van der Waals surface area contributed by atoms with Gasteiger partial charge in [0.1, 0.15) is 5.54 Å². The number of amides is 1. The van der Waals surface area contributed by atoms with Crippen molar-refractivity contribution in [2.24, 2.45) is 0 Å². The summed E-state index contributed by atoms with van der Waals surface area (Å²) < 4.78 is 0. The summed E-state index contributed by atoms with van der Waals surface area (Å²) in [6.07, 6.45) is 1.55. The molecule has 1 atom stereocenters. The van der Waals surface area contributed by atoms with Crippen LogP contribution in [0.3, 0.4) is 0 Å². The number of rotatable bonds is 3. The van der Waals surface area contributed by atoms with Crippen LogP contribution in [0.15, 0.2) is 30.3 Å². The molecule has 1 amide bonds. The van der Waals surface area contributed by atoms with Crippen molar-refractivity contribution in [1.82, 2.24) is 4.90 Å². The summed E-state index contributed by atoms with van der Waals surface area (Å²) in [4.78, 5) is 25.0. The van der Waals surface area contributed by atoms with Crippen molar-refractivity contribution in [1.29, 1.82) is 0 Å². The van der Waals surface area contributed by atoms with Crippen LogP contribution < -0.4 is 0 Å². The van der Waals surface area contributed by atoms with E-state index in [1.807, 2.05) is 30.3 Å². The molecular weight excluding hydrogens is 230 g/mol. The summed E-state index contributed by atoms with van der Waals surface area (Å²) in [6.45, 7) is 2.17. The van der Waals surface area contributed by atoms with Crippen LogP contribution in [-0.4, -0.2) is 34.0 Å². The van der Waals surface area contributed by atoms with Gasteiger partial charge in [0.05, 0.1) is 6.42 Å². The largest absolute Gasteiger partial charge is 0.480 e. The van der Waals surface area contributed by atoms with E-state index in [1.54, 1.807) is 6.92 Å². The zero-order valence-electron chi connectivity index (χ0n) is 10.4. The second-order valence-corrected chi connectivity index (χ2v) is 4.89. The van der Waals surface area contributed by atoms with Gasteiger partial charge in [-0.2, -0.15) is 0 Å². The summed E-state index contributed by atoms with van der Waals surface area (Å²) in [6, 6.07) is 9.41. The third-order valence-corrected chi connectivity index (χ3v) is 3.60. The summed E-state index contributed by atoms with van der Waals surface area (Å²) in [5.41, 5.74) is -0.117. The lowest BCUT2D eigenvalue weighted by molar-refractivity contribution is -0.155. The monoisotopic (exact) mass is 247 g/mol. The van der Waals surface area contributed by atoms with E-state index in [1.165, 1.54) is 4.90 Å². The average Bonchev–Trinajstić information content (AvgIpc) is 2.74. The van der Waals surface area contributed by atoms with Gasteiger partial charge in [0.25, 0.3) is 0 Å². The lowest BCUT2D eigenvalue weighted by Crippen LogP contribution is -2.51. The summed E-state index contributed by atoms with van der Waals surface area (Å²) in [7, 11) is 0. The molecule has 1 aliphatic rings. The molecule has 1 aliphatic heterocycles. The predicted molar refractivity (Wildman–Crippen MR) is 67.1 cm³/mol. The van der Waals surface area contributed by atoms with Gasteiger partial charge >= 0.3 is 5.97 Å². The first kappa shape index (κ1) is 12.6. The van der Waals surface area contributed by atoms with Gasteiger partial charge in [-0.15, -0.1) is 0 Å². The second-order valence-electron chi connectivity index (χ2n) is 4.89. The molecular formula is C14H17NO3. The highest BCUT2D eigenvalue weighted by molar-refractivity contribution is 5.88. The maximum atomic E-state index is 12.2. The molecule has 0 saturated carbocycles. The van der Waals surface area contributed by atoms with Gasteiger partial charge in [0, 0.05) is 6.54 Å². The molecule has 1 fully saturated rings. The van der Waals surface area contributed by atoms with Crippen LogP contribution in [0.1, 0.15) is 25.3 Å². The normalized spacial score (nSPS) is 23.1. The lowest BCUT2D eigenvalue weighted by atomic mass is 9.98. The summed E-state index contributed by atoms with van der Waals surface area (Å²) in [5, 5.41) is 9.26. The van der Waals surface area contributed by atoms with Gasteiger partial charge in [0.15, 0.2) is 0 Å². The fourth-order valence-electron chi connectivity index (χ4n) is 2.45.